The van der Waals surface area contributed by atoms with E-state index in [2.05, 4.69) is 27.7 Å². The van der Waals surface area contributed by atoms with Crippen molar-refractivity contribution in [3.05, 3.63) is 133 Å². The van der Waals surface area contributed by atoms with E-state index >= 15 is 0 Å². The summed E-state index contributed by atoms with van der Waals surface area (Å²) >= 11 is 0. The van der Waals surface area contributed by atoms with E-state index in [-0.39, 0.29) is 74.9 Å². The van der Waals surface area contributed by atoms with Gasteiger partial charge in [-0.25, -0.2) is 0 Å². The van der Waals surface area contributed by atoms with Gasteiger partial charge in [0.2, 0.25) is 0 Å². The third-order valence-corrected chi connectivity index (χ3v) is 12.3. The van der Waals surface area contributed by atoms with Gasteiger partial charge in [0.15, 0.2) is 0 Å². The van der Waals surface area contributed by atoms with Crippen LogP contribution in [0.25, 0.3) is 0 Å². The van der Waals surface area contributed by atoms with E-state index in [9.17, 15) is 40.5 Å². The summed E-state index contributed by atoms with van der Waals surface area (Å²) in [6.45, 7) is 9.48. The van der Waals surface area contributed by atoms with Crippen molar-refractivity contribution in [2.45, 2.75) is 156 Å². The average molecular weight is 941 g/mol. The Balaban J connectivity index is 1.89. The average Bonchev–Trinajstić information content (AvgIpc) is 3.30. The molecule has 0 saturated carbocycles. The second-order valence-corrected chi connectivity index (χ2v) is 17.7. The number of unbranched alkanes of at least 4 members (excludes halogenated alkanes) is 12. The molecule has 1 aliphatic carbocycles. The van der Waals surface area contributed by atoms with E-state index in [0.29, 0.717) is 93.2 Å². The predicted molar refractivity (Wildman–Crippen MR) is 262 cm³/mol. The number of benzene rings is 4. The second-order valence-electron chi connectivity index (χ2n) is 17.7. The first kappa shape index (κ1) is 52.6. The lowest BCUT2D eigenvalue weighted by Gasteiger charge is -2.23. The highest BCUT2D eigenvalue weighted by atomic mass is 16.6. The molecule has 0 N–H and O–H groups in total. The number of non-ortho nitro benzene ring substituents is 4. The van der Waals surface area contributed by atoms with E-state index < -0.39 is 19.7 Å². The minimum atomic E-state index is -0.506. The third kappa shape index (κ3) is 14.8. The number of hydrogen-bond donors (Lipinski definition) is 0. The molecule has 5 rings (SSSR count). The highest BCUT2D eigenvalue weighted by Crippen LogP contribution is 2.43. The molecule has 0 unspecified atom stereocenters. The molecule has 4 aromatic carbocycles. The van der Waals surface area contributed by atoms with Crippen LogP contribution in [0.2, 0.25) is 0 Å². The minimum Gasteiger partial charge on any atom is -0.493 e. The van der Waals surface area contributed by atoms with E-state index in [0.717, 1.165) is 77.0 Å². The van der Waals surface area contributed by atoms with Gasteiger partial charge >= 0.3 is 0 Å². The third-order valence-electron chi connectivity index (χ3n) is 12.3. The molecular weight excluding hydrogens is 873 g/mol. The summed E-state index contributed by atoms with van der Waals surface area (Å²) in [6, 6.07) is 11.3. The fourth-order valence-electron chi connectivity index (χ4n) is 8.79. The van der Waals surface area contributed by atoms with Gasteiger partial charge < -0.3 is 18.9 Å². The fourth-order valence-corrected chi connectivity index (χ4v) is 8.79. The molecule has 0 aromatic heterocycles. The Kier molecular flexibility index (Phi) is 20.8. The molecule has 1 aliphatic rings. The highest BCUT2D eigenvalue weighted by Gasteiger charge is 2.29. The summed E-state index contributed by atoms with van der Waals surface area (Å²) < 4.78 is 26.5. The Morgan fingerprint density at radius 1 is 0.324 bits per heavy atom. The minimum absolute atomic E-state index is 0.0834. The van der Waals surface area contributed by atoms with Crippen LogP contribution in [0.5, 0.6) is 23.0 Å². The summed E-state index contributed by atoms with van der Waals surface area (Å²) in [7, 11) is 0. The van der Waals surface area contributed by atoms with Gasteiger partial charge in [0, 0.05) is 119 Å². The summed E-state index contributed by atoms with van der Waals surface area (Å²) in [6.07, 6.45) is 13.8. The first-order chi connectivity index (χ1) is 32.9. The molecule has 4 aromatic rings. The molecule has 0 spiro atoms. The van der Waals surface area contributed by atoms with Crippen LogP contribution in [-0.2, 0) is 25.7 Å². The van der Waals surface area contributed by atoms with Crippen molar-refractivity contribution in [1.82, 2.24) is 0 Å². The van der Waals surface area contributed by atoms with Crippen LogP contribution >= 0.6 is 0 Å². The topological polar surface area (TPSA) is 209 Å². The van der Waals surface area contributed by atoms with Gasteiger partial charge in [-0.3, -0.25) is 40.5 Å². The molecule has 16 nitrogen and oxygen atoms in total. The maximum absolute atomic E-state index is 12.8. The lowest BCUT2D eigenvalue weighted by molar-refractivity contribution is -0.385. The Bertz CT molecular complexity index is 1950. The molecule has 0 heterocycles. The van der Waals surface area contributed by atoms with Crippen molar-refractivity contribution in [3.63, 3.8) is 0 Å². The molecule has 0 atom stereocenters. The van der Waals surface area contributed by atoms with Gasteiger partial charge in [-0.2, -0.15) is 0 Å². The van der Waals surface area contributed by atoms with Gasteiger partial charge in [-0.15, -0.1) is 0 Å². The summed E-state index contributed by atoms with van der Waals surface area (Å²) in [5.74, 6) is 1.34. The van der Waals surface area contributed by atoms with E-state index in [1.54, 1.807) is 0 Å². The van der Waals surface area contributed by atoms with Crippen molar-refractivity contribution < 1.29 is 38.6 Å². The van der Waals surface area contributed by atoms with Gasteiger partial charge in [-0.1, -0.05) is 105 Å². The molecule has 0 aliphatic heterocycles. The number of hydrogen-bond acceptors (Lipinski definition) is 12. The van der Waals surface area contributed by atoms with Crippen molar-refractivity contribution in [3.8, 4) is 23.0 Å². The predicted octanol–water partition coefficient (Wildman–Crippen LogP) is 13.8. The SMILES string of the molecule is CCCCCCOc1c2cc([N+](=O)[O-])cc1Cc1cc([N+](=O)[O-])cc(c1OCCCCCC)Cc1cc([N+](=O)[O-])cc(c1OCCCCCC)Cc1cc([N+](=O)[O-])cc(c1OCCCCCC)C2. The molecule has 68 heavy (non-hydrogen) atoms. The van der Waals surface area contributed by atoms with Crippen molar-refractivity contribution in [2.24, 2.45) is 0 Å². The molecule has 0 fully saturated rings. The molecule has 368 valence electrons. The Labute approximate surface area is 399 Å². The molecule has 0 radical (unpaired) electrons. The molecule has 0 amide bonds. The second kappa shape index (κ2) is 26.9. The van der Waals surface area contributed by atoms with Crippen molar-refractivity contribution in [1.29, 1.82) is 0 Å². The number of nitrogens with zero attached hydrogens (tertiary/aromatic N) is 4. The number of fused-ring (bicyclic) bond motifs is 8. The standard InChI is InChI=1S/C52H68N4O12/c1-5-9-13-17-21-65-49-37-25-39-31-46(54(59)60)33-41(50(39)66-22-18-14-10-6-2)27-43-35-48(56(63)64)36-44(52(43)68-24-20-16-12-8-4)28-42-34-47(55(61)62)32-40(51(42)67-23-19-15-11-7-3)26-38(49)30-45(29-37)53(57)58/h29-36H,5-28H2,1-4H3. The fraction of sp³-hybridized carbons (Fsp3) is 0.538. The van der Waals surface area contributed by atoms with E-state index in [1.165, 1.54) is 48.5 Å². The van der Waals surface area contributed by atoms with Crippen LogP contribution < -0.4 is 18.9 Å². The van der Waals surface area contributed by atoms with Gasteiger partial charge in [0.25, 0.3) is 22.7 Å². The Morgan fingerprint density at radius 3 is 0.647 bits per heavy atom. The van der Waals surface area contributed by atoms with E-state index in [4.69, 9.17) is 18.9 Å². The number of nitro groups is 4. The number of nitro benzene ring substituents is 4. The summed E-state index contributed by atoms with van der Waals surface area (Å²) in [4.78, 5) is 49.1. The molecule has 8 bridgehead atoms. The largest absolute Gasteiger partial charge is 0.493 e. The van der Waals surface area contributed by atoms with Crippen LogP contribution in [0.4, 0.5) is 22.7 Å². The zero-order valence-corrected chi connectivity index (χ0v) is 40.3. The lowest BCUT2D eigenvalue weighted by Crippen LogP contribution is -2.12. The maximum atomic E-state index is 12.8. The highest BCUT2D eigenvalue weighted by molar-refractivity contribution is 5.62. The van der Waals surface area contributed by atoms with Crippen LogP contribution in [-0.4, -0.2) is 46.1 Å². The van der Waals surface area contributed by atoms with E-state index in [1.807, 2.05) is 0 Å². The van der Waals surface area contributed by atoms with Crippen LogP contribution in [0.15, 0.2) is 48.5 Å². The Morgan fingerprint density at radius 2 is 0.500 bits per heavy atom. The van der Waals surface area contributed by atoms with Crippen LogP contribution in [0, 0.1) is 40.5 Å². The first-order valence-electron chi connectivity index (χ1n) is 24.6. The lowest BCUT2D eigenvalue weighted by atomic mass is 9.90. The van der Waals surface area contributed by atoms with Gasteiger partial charge in [0.1, 0.15) is 23.0 Å². The van der Waals surface area contributed by atoms with Crippen molar-refractivity contribution in [2.75, 3.05) is 26.4 Å². The maximum Gasteiger partial charge on any atom is 0.270 e. The van der Waals surface area contributed by atoms with Gasteiger partial charge in [-0.05, 0) is 25.7 Å². The zero-order chi connectivity index (χ0) is 49.0. The molecule has 0 saturated heterocycles. The summed E-state index contributed by atoms with van der Waals surface area (Å²) in [5.41, 5.74) is 2.00. The van der Waals surface area contributed by atoms with Crippen LogP contribution in [0.3, 0.4) is 0 Å². The quantitative estimate of drug-likeness (QED) is 0.0260. The van der Waals surface area contributed by atoms with Crippen molar-refractivity contribution >= 4 is 22.7 Å². The normalized spacial score (nSPS) is 12.1. The smallest absolute Gasteiger partial charge is 0.270 e. The van der Waals surface area contributed by atoms with Crippen LogP contribution in [0.1, 0.15) is 175 Å². The summed E-state index contributed by atoms with van der Waals surface area (Å²) in [5, 5.41) is 51.1. The van der Waals surface area contributed by atoms with Gasteiger partial charge in [0.05, 0.1) is 46.1 Å². The number of ether oxygens (including phenoxy) is 4. The number of rotatable bonds is 28. The first-order valence-corrected chi connectivity index (χ1v) is 24.6. The molecule has 16 heteroatoms. The Hall–Kier alpha value is -6.32. The monoisotopic (exact) mass is 940 g/mol. The zero-order valence-electron chi connectivity index (χ0n) is 40.3. The molecular formula is C52H68N4O12.